The highest BCUT2D eigenvalue weighted by Crippen LogP contribution is 2.37. The van der Waals surface area contributed by atoms with Gasteiger partial charge in [0.15, 0.2) is 0 Å². The maximum Gasteiger partial charge on any atom is 0.0419 e. The topological polar surface area (TPSA) is 12.0 Å². The summed E-state index contributed by atoms with van der Waals surface area (Å²) in [6, 6.07) is 0. The SMILES string of the molecule is C=C1CCC(C(C)C)(C(C)C)N1. The third-order valence-electron chi connectivity index (χ3n) is 3.31. The Labute approximate surface area is 76.2 Å². The fourth-order valence-corrected chi connectivity index (χ4v) is 2.34. The van der Waals surface area contributed by atoms with Gasteiger partial charge in [0.2, 0.25) is 0 Å². The van der Waals surface area contributed by atoms with Crippen molar-refractivity contribution in [1.82, 2.24) is 5.32 Å². The number of hydrogen-bond acceptors (Lipinski definition) is 1. The van der Waals surface area contributed by atoms with E-state index in [-0.39, 0.29) is 0 Å². The molecule has 1 aliphatic heterocycles. The molecule has 1 heterocycles. The van der Waals surface area contributed by atoms with Gasteiger partial charge in [-0.3, -0.25) is 0 Å². The van der Waals surface area contributed by atoms with Crippen molar-refractivity contribution < 1.29 is 0 Å². The lowest BCUT2D eigenvalue weighted by molar-refractivity contribution is 0.197. The Balaban J connectivity index is 2.81. The number of allylic oxidation sites excluding steroid dienone is 1. The molecule has 0 aromatic rings. The van der Waals surface area contributed by atoms with Gasteiger partial charge in [-0.05, 0) is 24.7 Å². The maximum absolute atomic E-state index is 4.00. The van der Waals surface area contributed by atoms with Crippen LogP contribution in [0.25, 0.3) is 0 Å². The molecule has 0 aromatic carbocycles. The molecular weight excluding hydrogens is 146 g/mol. The second-order valence-electron chi connectivity index (χ2n) is 4.58. The molecule has 1 rings (SSSR count). The van der Waals surface area contributed by atoms with Crippen molar-refractivity contribution in [2.75, 3.05) is 0 Å². The van der Waals surface area contributed by atoms with E-state index in [4.69, 9.17) is 0 Å². The summed E-state index contributed by atoms with van der Waals surface area (Å²) in [5, 5.41) is 3.57. The van der Waals surface area contributed by atoms with Crippen LogP contribution in [0.3, 0.4) is 0 Å². The highest BCUT2D eigenvalue weighted by molar-refractivity contribution is 5.11. The number of hydrogen-bond donors (Lipinski definition) is 1. The molecule has 1 N–H and O–H groups in total. The molecule has 1 nitrogen and oxygen atoms in total. The van der Waals surface area contributed by atoms with Gasteiger partial charge >= 0.3 is 0 Å². The summed E-state index contributed by atoms with van der Waals surface area (Å²) in [5.41, 5.74) is 1.54. The normalized spacial score (nSPS) is 22.0. The van der Waals surface area contributed by atoms with Crippen LogP contribution in [-0.4, -0.2) is 5.54 Å². The Morgan fingerprint density at radius 3 is 1.92 bits per heavy atom. The first-order valence-electron chi connectivity index (χ1n) is 4.95. The predicted molar refractivity (Wildman–Crippen MR) is 53.9 cm³/mol. The minimum Gasteiger partial charge on any atom is -0.383 e. The van der Waals surface area contributed by atoms with Crippen molar-refractivity contribution in [1.29, 1.82) is 0 Å². The van der Waals surface area contributed by atoms with Gasteiger partial charge in [0.25, 0.3) is 0 Å². The first kappa shape index (κ1) is 9.63. The van der Waals surface area contributed by atoms with Crippen LogP contribution in [0.1, 0.15) is 40.5 Å². The Hall–Kier alpha value is -0.460. The molecule has 0 aromatic heterocycles. The zero-order chi connectivity index (χ0) is 9.35. The van der Waals surface area contributed by atoms with Crippen LogP contribution >= 0.6 is 0 Å². The van der Waals surface area contributed by atoms with Crippen LogP contribution < -0.4 is 5.32 Å². The van der Waals surface area contributed by atoms with E-state index in [1.165, 1.54) is 12.1 Å². The van der Waals surface area contributed by atoms with Crippen LogP contribution in [0.2, 0.25) is 0 Å². The van der Waals surface area contributed by atoms with E-state index in [2.05, 4.69) is 39.6 Å². The lowest BCUT2D eigenvalue weighted by atomic mass is 9.76. The summed E-state index contributed by atoms with van der Waals surface area (Å²) in [6.07, 6.45) is 2.40. The van der Waals surface area contributed by atoms with Gasteiger partial charge in [0.05, 0.1) is 0 Å². The summed E-state index contributed by atoms with van der Waals surface area (Å²) in [6.45, 7) is 13.2. The first-order valence-corrected chi connectivity index (χ1v) is 4.95. The largest absolute Gasteiger partial charge is 0.383 e. The molecule has 0 atom stereocenters. The van der Waals surface area contributed by atoms with Crippen molar-refractivity contribution >= 4 is 0 Å². The van der Waals surface area contributed by atoms with E-state index < -0.39 is 0 Å². The van der Waals surface area contributed by atoms with Crippen LogP contribution in [0.4, 0.5) is 0 Å². The lowest BCUT2D eigenvalue weighted by Gasteiger charge is -2.38. The van der Waals surface area contributed by atoms with E-state index in [1.807, 2.05) is 0 Å². The van der Waals surface area contributed by atoms with Crippen molar-refractivity contribution in [2.45, 2.75) is 46.1 Å². The molecule has 0 amide bonds. The molecule has 1 heteroatoms. The molecule has 1 fully saturated rings. The molecule has 0 aliphatic carbocycles. The fourth-order valence-electron chi connectivity index (χ4n) is 2.34. The standard InChI is InChI=1S/C11H21N/c1-8(2)11(9(3)4)7-6-10(5)12-11/h8-9,12H,5-7H2,1-4H3. The van der Waals surface area contributed by atoms with Gasteiger partial charge in [-0.25, -0.2) is 0 Å². The molecule has 0 bridgehead atoms. The summed E-state index contributed by atoms with van der Waals surface area (Å²) in [4.78, 5) is 0. The monoisotopic (exact) mass is 167 g/mol. The van der Waals surface area contributed by atoms with E-state index in [9.17, 15) is 0 Å². The fraction of sp³-hybridized carbons (Fsp3) is 0.818. The molecule has 1 aliphatic rings. The second kappa shape index (κ2) is 3.12. The van der Waals surface area contributed by atoms with Gasteiger partial charge < -0.3 is 5.32 Å². The minimum atomic E-state index is 0.317. The lowest BCUT2D eigenvalue weighted by Crippen LogP contribution is -2.48. The van der Waals surface area contributed by atoms with Crippen molar-refractivity contribution in [3.63, 3.8) is 0 Å². The third-order valence-corrected chi connectivity index (χ3v) is 3.31. The Morgan fingerprint density at radius 1 is 1.25 bits per heavy atom. The van der Waals surface area contributed by atoms with Gasteiger partial charge in [0.1, 0.15) is 0 Å². The molecular formula is C11H21N. The summed E-state index contributed by atoms with van der Waals surface area (Å²) < 4.78 is 0. The van der Waals surface area contributed by atoms with Crippen LogP contribution in [0.5, 0.6) is 0 Å². The Morgan fingerprint density at radius 2 is 1.75 bits per heavy atom. The van der Waals surface area contributed by atoms with Crippen molar-refractivity contribution in [2.24, 2.45) is 11.8 Å². The number of nitrogens with one attached hydrogen (secondary N) is 1. The molecule has 0 unspecified atom stereocenters. The number of rotatable bonds is 2. The zero-order valence-corrected chi connectivity index (χ0v) is 8.78. The summed E-state index contributed by atoms with van der Waals surface area (Å²) in [5.74, 6) is 1.38. The molecule has 70 valence electrons. The highest BCUT2D eigenvalue weighted by atomic mass is 15.0. The van der Waals surface area contributed by atoms with Crippen LogP contribution in [0.15, 0.2) is 12.3 Å². The molecule has 12 heavy (non-hydrogen) atoms. The average Bonchev–Trinajstić information content (AvgIpc) is 2.32. The Kier molecular flexibility index (Phi) is 2.50. The average molecular weight is 167 g/mol. The third kappa shape index (κ3) is 1.37. The predicted octanol–water partition coefficient (Wildman–Crippen LogP) is 2.93. The van der Waals surface area contributed by atoms with Crippen molar-refractivity contribution in [3.05, 3.63) is 12.3 Å². The van der Waals surface area contributed by atoms with Gasteiger partial charge in [-0.1, -0.05) is 34.3 Å². The quantitative estimate of drug-likeness (QED) is 0.666. The van der Waals surface area contributed by atoms with Gasteiger partial charge in [0, 0.05) is 11.2 Å². The molecule has 0 saturated carbocycles. The van der Waals surface area contributed by atoms with Crippen LogP contribution in [-0.2, 0) is 0 Å². The van der Waals surface area contributed by atoms with Gasteiger partial charge in [-0.15, -0.1) is 0 Å². The van der Waals surface area contributed by atoms with E-state index >= 15 is 0 Å². The van der Waals surface area contributed by atoms with E-state index in [0.29, 0.717) is 17.4 Å². The molecule has 0 radical (unpaired) electrons. The second-order valence-corrected chi connectivity index (χ2v) is 4.58. The minimum absolute atomic E-state index is 0.317. The maximum atomic E-state index is 4.00. The summed E-state index contributed by atoms with van der Waals surface area (Å²) >= 11 is 0. The first-order chi connectivity index (χ1) is 5.49. The van der Waals surface area contributed by atoms with E-state index in [0.717, 1.165) is 6.42 Å². The smallest absolute Gasteiger partial charge is 0.0419 e. The molecule has 0 spiro atoms. The van der Waals surface area contributed by atoms with Crippen LogP contribution in [0, 0.1) is 11.8 Å². The van der Waals surface area contributed by atoms with E-state index in [1.54, 1.807) is 0 Å². The zero-order valence-electron chi connectivity index (χ0n) is 8.78. The summed E-state index contributed by atoms with van der Waals surface area (Å²) in [7, 11) is 0. The Bertz CT molecular complexity index is 171. The van der Waals surface area contributed by atoms with Crippen molar-refractivity contribution in [3.8, 4) is 0 Å². The van der Waals surface area contributed by atoms with Gasteiger partial charge in [-0.2, -0.15) is 0 Å². The highest BCUT2D eigenvalue weighted by Gasteiger charge is 2.40. The molecule has 1 saturated heterocycles.